The summed E-state index contributed by atoms with van der Waals surface area (Å²) >= 11 is 0. The van der Waals surface area contributed by atoms with Crippen molar-refractivity contribution in [2.24, 2.45) is 0 Å². The summed E-state index contributed by atoms with van der Waals surface area (Å²) in [6.07, 6.45) is 0. The van der Waals surface area contributed by atoms with Crippen LogP contribution in [0.3, 0.4) is 0 Å². The van der Waals surface area contributed by atoms with Gasteiger partial charge in [0.25, 0.3) is 5.91 Å². The summed E-state index contributed by atoms with van der Waals surface area (Å²) in [4.78, 5) is 14.0. The summed E-state index contributed by atoms with van der Waals surface area (Å²) < 4.78 is 0. The monoisotopic (exact) mass is 288 g/mol. The number of anilines is 2. The molecule has 21 heavy (non-hydrogen) atoms. The second kappa shape index (κ2) is 5.62. The van der Waals surface area contributed by atoms with Crippen molar-refractivity contribution < 1.29 is 20.1 Å². The molecule has 2 aromatic carbocycles. The van der Waals surface area contributed by atoms with Gasteiger partial charge in [-0.25, -0.2) is 0 Å². The van der Waals surface area contributed by atoms with Crippen molar-refractivity contribution in [2.45, 2.75) is 0 Å². The van der Waals surface area contributed by atoms with Crippen LogP contribution in [0.4, 0.5) is 11.4 Å². The molecule has 4 N–H and O–H groups in total. The largest absolute Gasteiger partial charge is 0.504 e. The number of hydrogen-bond acceptors (Lipinski definition) is 5. The molecule has 0 unspecified atom stereocenters. The molecule has 6 nitrogen and oxygen atoms in total. The van der Waals surface area contributed by atoms with Crippen LogP contribution >= 0.6 is 0 Å². The van der Waals surface area contributed by atoms with E-state index in [4.69, 9.17) is 0 Å². The van der Waals surface area contributed by atoms with Gasteiger partial charge in [0.15, 0.2) is 17.2 Å². The van der Waals surface area contributed by atoms with E-state index in [0.29, 0.717) is 5.69 Å². The molecular formula is C15H16N2O4. The SMILES string of the molecule is CN(C)c1cccc(NC(=O)c2cc(O)c(O)c(O)c2)c1. The lowest BCUT2D eigenvalue weighted by Crippen LogP contribution is -2.13. The summed E-state index contributed by atoms with van der Waals surface area (Å²) in [6.45, 7) is 0. The van der Waals surface area contributed by atoms with Crippen LogP contribution in [-0.2, 0) is 0 Å². The molecule has 0 saturated carbocycles. The number of hydrogen-bond donors (Lipinski definition) is 4. The number of carbonyl (C=O) groups is 1. The Morgan fingerprint density at radius 2 is 1.67 bits per heavy atom. The molecular weight excluding hydrogens is 272 g/mol. The first kappa shape index (κ1) is 14.5. The molecule has 6 heteroatoms. The molecule has 0 aliphatic carbocycles. The Kier molecular flexibility index (Phi) is 3.89. The zero-order valence-electron chi connectivity index (χ0n) is 11.7. The predicted octanol–water partition coefficient (Wildman–Crippen LogP) is 2.12. The highest BCUT2D eigenvalue weighted by Crippen LogP contribution is 2.35. The number of aromatic hydroxyl groups is 3. The highest BCUT2D eigenvalue weighted by atomic mass is 16.3. The van der Waals surface area contributed by atoms with Gasteiger partial charge in [0.2, 0.25) is 0 Å². The molecule has 0 atom stereocenters. The molecule has 2 aromatic rings. The third-order valence-electron chi connectivity index (χ3n) is 2.95. The minimum atomic E-state index is -0.652. The molecule has 1 amide bonds. The van der Waals surface area contributed by atoms with Crippen LogP contribution in [0.25, 0.3) is 0 Å². The van der Waals surface area contributed by atoms with E-state index in [1.54, 1.807) is 18.2 Å². The van der Waals surface area contributed by atoms with Crippen LogP contribution in [0.1, 0.15) is 10.4 Å². The Morgan fingerprint density at radius 3 is 2.24 bits per heavy atom. The third kappa shape index (κ3) is 3.17. The van der Waals surface area contributed by atoms with E-state index >= 15 is 0 Å². The molecule has 2 rings (SSSR count). The number of amides is 1. The van der Waals surface area contributed by atoms with E-state index in [1.165, 1.54) is 0 Å². The van der Waals surface area contributed by atoms with E-state index in [0.717, 1.165) is 17.8 Å². The van der Waals surface area contributed by atoms with Gasteiger partial charge in [-0.1, -0.05) is 6.07 Å². The Morgan fingerprint density at radius 1 is 1.05 bits per heavy atom. The lowest BCUT2D eigenvalue weighted by molar-refractivity contribution is 0.102. The van der Waals surface area contributed by atoms with Crippen molar-refractivity contribution in [3.05, 3.63) is 42.0 Å². The first-order valence-electron chi connectivity index (χ1n) is 6.22. The van der Waals surface area contributed by atoms with Gasteiger partial charge in [-0.15, -0.1) is 0 Å². The van der Waals surface area contributed by atoms with E-state index in [2.05, 4.69) is 5.32 Å². The Labute approximate surface area is 121 Å². The van der Waals surface area contributed by atoms with Crippen molar-refractivity contribution >= 4 is 17.3 Å². The average molecular weight is 288 g/mol. The number of nitrogens with one attached hydrogen (secondary N) is 1. The molecule has 110 valence electrons. The number of benzene rings is 2. The first-order valence-corrected chi connectivity index (χ1v) is 6.22. The number of rotatable bonds is 3. The van der Waals surface area contributed by atoms with Gasteiger partial charge in [-0.2, -0.15) is 0 Å². The highest BCUT2D eigenvalue weighted by Gasteiger charge is 2.13. The number of nitrogens with zero attached hydrogens (tertiary/aromatic N) is 1. The molecule has 0 radical (unpaired) electrons. The fourth-order valence-electron chi connectivity index (χ4n) is 1.80. The first-order chi connectivity index (χ1) is 9.88. The van der Waals surface area contributed by atoms with Crippen LogP contribution in [0.5, 0.6) is 17.2 Å². The fraction of sp³-hybridized carbons (Fsp3) is 0.133. The van der Waals surface area contributed by atoms with Crippen molar-refractivity contribution in [2.75, 3.05) is 24.3 Å². The molecule has 0 saturated heterocycles. The summed E-state index contributed by atoms with van der Waals surface area (Å²) in [6, 6.07) is 9.38. The zero-order chi connectivity index (χ0) is 15.6. The highest BCUT2D eigenvalue weighted by molar-refractivity contribution is 6.05. The molecule has 0 heterocycles. The summed E-state index contributed by atoms with van der Waals surface area (Å²) in [7, 11) is 3.77. The van der Waals surface area contributed by atoms with Crippen LogP contribution in [0, 0.1) is 0 Å². The average Bonchev–Trinajstić information content (AvgIpc) is 2.44. The lowest BCUT2D eigenvalue weighted by Gasteiger charge is -2.14. The third-order valence-corrected chi connectivity index (χ3v) is 2.95. The van der Waals surface area contributed by atoms with Gasteiger partial charge >= 0.3 is 0 Å². The van der Waals surface area contributed by atoms with Crippen molar-refractivity contribution in [1.82, 2.24) is 0 Å². The topological polar surface area (TPSA) is 93.0 Å². The molecule has 0 bridgehead atoms. The Balaban J connectivity index is 2.24. The van der Waals surface area contributed by atoms with Gasteiger partial charge in [-0.05, 0) is 30.3 Å². The predicted molar refractivity (Wildman–Crippen MR) is 80.2 cm³/mol. The number of phenols is 3. The second-order valence-electron chi connectivity index (χ2n) is 4.76. The molecule has 0 aliphatic rings. The molecule has 0 spiro atoms. The summed E-state index contributed by atoms with van der Waals surface area (Å²) in [5.74, 6) is -2.26. The van der Waals surface area contributed by atoms with E-state index in [-0.39, 0.29) is 5.56 Å². The quantitative estimate of drug-likeness (QED) is 0.649. The van der Waals surface area contributed by atoms with Crippen LogP contribution in [-0.4, -0.2) is 35.3 Å². The van der Waals surface area contributed by atoms with E-state index < -0.39 is 23.2 Å². The van der Waals surface area contributed by atoms with Crippen molar-refractivity contribution in [3.8, 4) is 17.2 Å². The number of phenolic OH excluding ortho intramolecular Hbond substituents is 3. The molecule has 0 fully saturated rings. The maximum atomic E-state index is 12.1. The standard InChI is InChI=1S/C15H16N2O4/c1-17(2)11-5-3-4-10(8-11)16-15(21)9-6-12(18)14(20)13(19)7-9/h3-8,18-20H,1-2H3,(H,16,21). The second-order valence-corrected chi connectivity index (χ2v) is 4.76. The Hall–Kier alpha value is -2.89. The molecule has 0 aliphatic heterocycles. The maximum Gasteiger partial charge on any atom is 0.255 e. The van der Waals surface area contributed by atoms with E-state index in [1.807, 2.05) is 25.1 Å². The smallest absolute Gasteiger partial charge is 0.255 e. The van der Waals surface area contributed by atoms with Crippen molar-refractivity contribution in [3.63, 3.8) is 0 Å². The minimum Gasteiger partial charge on any atom is -0.504 e. The Bertz CT molecular complexity index is 660. The van der Waals surface area contributed by atoms with Crippen molar-refractivity contribution in [1.29, 1.82) is 0 Å². The fourth-order valence-corrected chi connectivity index (χ4v) is 1.80. The van der Waals surface area contributed by atoms with Crippen LogP contribution < -0.4 is 10.2 Å². The minimum absolute atomic E-state index is 0.0399. The lowest BCUT2D eigenvalue weighted by atomic mass is 10.1. The zero-order valence-corrected chi connectivity index (χ0v) is 11.7. The maximum absolute atomic E-state index is 12.1. The van der Waals surface area contributed by atoms with Gasteiger partial charge in [-0.3, -0.25) is 4.79 Å². The molecule has 0 aromatic heterocycles. The van der Waals surface area contributed by atoms with Gasteiger partial charge in [0, 0.05) is 31.0 Å². The van der Waals surface area contributed by atoms with E-state index in [9.17, 15) is 20.1 Å². The van der Waals surface area contributed by atoms with Gasteiger partial charge in [0.1, 0.15) is 0 Å². The van der Waals surface area contributed by atoms with Gasteiger partial charge in [0.05, 0.1) is 0 Å². The van der Waals surface area contributed by atoms with Gasteiger partial charge < -0.3 is 25.5 Å². The van der Waals surface area contributed by atoms with Crippen LogP contribution in [0.15, 0.2) is 36.4 Å². The number of carbonyl (C=O) groups excluding carboxylic acids is 1. The normalized spacial score (nSPS) is 10.2. The summed E-state index contributed by atoms with van der Waals surface area (Å²) in [5.41, 5.74) is 1.54. The van der Waals surface area contributed by atoms with Crippen LogP contribution in [0.2, 0.25) is 0 Å². The summed E-state index contributed by atoms with van der Waals surface area (Å²) in [5, 5.41) is 30.8.